The van der Waals surface area contributed by atoms with Crippen molar-refractivity contribution in [3.63, 3.8) is 0 Å². The first-order chi connectivity index (χ1) is 15.4. The van der Waals surface area contributed by atoms with Crippen LogP contribution in [-0.2, 0) is 6.54 Å². The van der Waals surface area contributed by atoms with Crippen LogP contribution in [0.1, 0.15) is 27.2 Å². The number of para-hydroxylation sites is 1. The van der Waals surface area contributed by atoms with E-state index in [4.69, 9.17) is 9.84 Å². The summed E-state index contributed by atoms with van der Waals surface area (Å²) in [5.41, 5.74) is 3.78. The number of ether oxygens (including phenoxy) is 1. The van der Waals surface area contributed by atoms with Crippen molar-refractivity contribution >= 4 is 28.9 Å². The molecule has 1 aromatic heterocycles. The van der Waals surface area contributed by atoms with Gasteiger partial charge >= 0.3 is 6.09 Å². The first-order valence-electron chi connectivity index (χ1n) is 10.5. The largest absolute Gasteiger partial charge is 0.507 e. The second-order valence-electron chi connectivity index (χ2n) is 8.13. The summed E-state index contributed by atoms with van der Waals surface area (Å²) in [6.45, 7) is 4.20. The molecule has 0 atom stereocenters. The molecule has 1 fully saturated rings. The number of carbonyl (C=O) groups excluding carboxylic acids is 1. The number of rotatable bonds is 3. The number of fused-ring (bicyclic) bond motifs is 2. The molecule has 2 aliphatic heterocycles. The molecule has 0 saturated carbocycles. The Morgan fingerprint density at radius 1 is 1.16 bits per heavy atom. The number of ketones is 1. The number of aryl methyl sites for hydroxylation is 1. The predicted octanol–water partition coefficient (Wildman–Crippen LogP) is 3.59. The van der Waals surface area contributed by atoms with Gasteiger partial charge in [0, 0.05) is 54.9 Å². The van der Waals surface area contributed by atoms with E-state index in [0.717, 1.165) is 22.2 Å². The van der Waals surface area contributed by atoms with Crippen LogP contribution in [0.15, 0.2) is 42.2 Å². The Bertz CT molecular complexity index is 1270. The number of carboxylic acid groups (broad SMARTS) is 1. The molecule has 0 spiro atoms. The third-order valence-corrected chi connectivity index (χ3v) is 6.16. The highest BCUT2D eigenvalue weighted by molar-refractivity contribution is 6.15. The second-order valence-corrected chi connectivity index (χ2v) is 8.13. The molecular formula is C24H23N3O5. The van der Waals surface area contributed by atoms with Gasteiger partial charge in [0.15, 0.2) is 5.76 Å². The normalized spacial score (nSPS) is 17.7. The van der Waals surface area contributed by atoms with E-state index >= 15 is 0 Å². The molecule has 164 valence electrons. The van der Waals surface area contributed by atoms with E-state index in [2.05, 4.69) is 4.98 Å². The van der Waals surface area contributed by atoms with E-state index < -0.39 is 6.09 Å². The second kappa shape index (κ2) is 7.72. The maximum Gasteiger partial charge on any atom is 0.407 e. The third kappa shape index (κ3) is 3.38. The zero-order chi connectivity index (χ0) is 22.4. The standard InChI is InChI=1S/C24H23N3O5/c1-14-17(15-4-2-3-5-19(15)25-14)12-21-22(29)16-6-7-20(28)18(23(16)32-21)13-26-8-10-27(11-9-26)24(30)31/h2-7,12,25,28H,8-11,13H2,1H3,(H,30,31). The molecule has 3 heterocycles. The van der Waals surface area contributed by atoms with Gasteiger partial charge in [-0.15, -0.1) is 0 Å². The molecule has 0 radical (unpaired) electrons. The average molecular weight is 433 g/mol. The number of phenolic OH excluding ortho intramolecular Hbond substituents is 1. The number of aromatic nitrogens is 1. The minimum atomic E-state index is -0.926. The fourth-order valence-corrected chi connectivity index (χ4v) is 4.39. The zero-order valence-corrected chi connectivity index (χ0v) is 17.6. The molecule has 5 rings (SSSR count). The number of piperazine rings is 1. The third-order valence-electron chi connectivity index (χ3n) is 6.16. The van der Waals surface area contributed by atoms with Gasteiger partial charge in [0.25, 0.3) is 0 Å². The van der Waals surface area contributed by atoms with Crippen molar-refractivity contribution in [2.24, 2.45) is 0 Å². The summed E-state index contributed by atoms with van der Waals surface area (Å²) >= 11 is 0. The summed E-state index contributed by atoms with van der Waals surface area (Å²) in [5, 5.41) is 20.7. The molecule has 0 bridgehead atoms. The van der Waals surface area contributed by atoms with Crippen LogP contribution in [0.25, 0.3) is 17.0 Å². The molecule has 32 heavy (non-hydrogen) atoms. The van der Waals surface area contributed by atoms with E-state index in [0.29, 0.717) is 49.6 Å². The minimum absolute atomic E-state index is 0.0572. The quantitative estimate of drug-likeness (QED) is 0.545. The predicted molar refractivity (Wildman–Crippen MR) is 119 cm³/mol. The lowest BCUT2D eigenvalue weighted by atomic mass is 10.0. The van der Waals surface area contributed by atoms with Gasteiger partial charge < -0.3 is 24.8 Å². The Balaban J connectivity index is 1.44. The van der Waals surface area contributed by atoms with Gasteiger partial charge in [-0.1, -0.05) is 18.2 Å². The highest BCUT2D eigenvalue weighted by Crippen LogP contribution is 2.40. The van der Waals surface area contributed by atoms with Crippen LogP contribution in [0.2, 0.25) is 0 Å². The van der Waals surface area contributed by atoms with E-state index in [1.165, 1.54) is 11.0 Å². The Morgan fingerprint density at radius 2 is 1.91 bits per heavy atom. The van der Waals surface area contributed by atoms with Crippen LogP contribution >= 0.6 is 0 Å². The van der Waals surface area contributed by atoms with Gasteiger partial charge in [-0.3, -0.25) is 9.69 Å². The molecular weight excluding hydrogens is 410 g/mol. The van der Waals surface area contributed by atoms with Crippen LogP contribution < -0.4 is 4.74 Å². The van der Waals surface area contributed by atoms with Crippen molar-refractivity contribution in [1.82, 2.24) is 14.8 Å². The maximum absolute atomic E-state index is 13.1. The summed E-state index contributed by atoms with van der Waals surface area (Å²) < 4.78 is 6.02. The molecule has 0 unspecified atom stereocenters. The number of H-pyrrole nitrogens is 1. The molecule has 1 amide bonds. The molecule has 3 N–H and O–H groups in total. The number of nitrogens with one attached hydrogen (secondary N) is 1. The first kappa shape index (κ1) is 20.1. The van der Waals surface area contributed by atoms with Crippen LogP contribution in [0.5, 0.6) is 11.5 Å². The van der Waals surface area contributed by atoms with Gasteiger partial charge in [0.2, 0.25) is 5.78 Å². The number of hydrogen-bond acceptors (Lipinski definition) is 5. The SMILES string of the molecule is Cc1[nH]c2ccccc2c1C=C1Oc2c(ccc(O)c2CN2CCN(C(=O)O)CC2)C1=O. The molecule has 1 saturated heterocycles. The highest BCUT2D eigenvalue weighted by Gasteiger charge is 2.32. The Labute approximate surface area is 184 Å². The number of carbonyl (C=O) groups is 2. The van der Waals surface area contributed by atoms with Crippen molar-refractivity contribution in [2.45, 2.75) is 13.5 Å². The van der Waals surface area contributed by atoms with Crippen molar-refractivity contribution in [3.05, 3.63) is 64.5 Å². The maximum atomic E-state index is 13.1. The van der Waals surface area contributed by atoms with Crippen LogP contribution in [0.4, 0.5) is 4.79 Å². The lowest BCUT2D eigenvalue weighted by Gasteiger charge is -2.33. The fraction of sp³-hybridized carbons (Fsp3) is 0.250. The number of aromatic amines is 1. The van der Waals surface area contributed by atoms with E-state index in [1.807, 2.05) is 36.1 Å². The Kier molecular flexibility index (Phi) is 4.86. The number of amides is 1. The zero-order valence-electron chi connectivity index (χ0n) is 17.6. The van der Waals surface area contributed by atoms with E-state index in [-0.39, 0.29) is 17.3 Å². The summed E-state index contributed by atoms with van der Waals surface area (Å²) in [5.74, 6) is 0.429. The number of allylic oxidation sites excluding steroid dienone is 1. The number of benzene rings is 2. The van der Waals surface area contributed by atoms with Gasteiger partial charge in [-0.2, -0.15) is 0 Å². The summed E-state index contributed by atoms with van der Waals surface area (Å²) in [7, 11) is 0. The monoisotopic (exact) mass is 433 g/mol. The average Bonchev–Trinajstić information content (AvgIpc) is 3.27. The Morgan fingerprint density at radius 3 is 2.66 bits per heavy atom. The molecule has 8 heteroatoms. The van der Waals surface area contributed by atoms with Crippen LogP contribution in [0, 0.1) is 6.92 Å². The first-order valence-corrected chi connectivity index (χ1v) is 10.5. The lowest BCUT2D eigenvalue weighted by Crippen LogP contribution is -2.47. The van der Waals surface area contributed by atoms with Gasteiger partial charge in [0.05, 0.1) is 11.1 Å². The van der Waals surface area contributed by atoms with Gasteiger partial charge in [-0.25, -0.2) is 4.79 Å². The highest BCUT2D eigenvalue weighted by atomic mass is 16.5. The number of nitrogens with zero attached hydrogens (tertiary/aromatic N) is 2. The summed E-state index contributed by atoms with van der Waals surface area (Å²) in [6.07, 6.45) is 0.826. The van der Waals surface area contributed by atoms with Crippen molar-refractivity contribution in [1.29, 1.82) is 0 Å². The van der Waals surface area contributed by atoms with Crippen LogP contribution in [0.3, 0.4) is 0 Å². The molecule has 3 aromatic rings. The number of hydrogen-bond donors (Lipinski definition) is 3. The van der Waals surface area contributed by atoms with Crippen molar-refractivity contribution in [2.75, 3.05) is 26.2 Å². The fourth-order valence-electron chi connectivity index (χ4n) is 4.39. The smallest absolute Gasteiger partial charge is 0.407 e. The van der Waals surface area contributed by atoms with Crippen molar-refractivity contribution < 1.29 is 24.5 Å². The van der Waals surface area contributed by atoms with Crippen molar-refractivity contribution in [3.8, 4) is 11.5 Å². The topological polar surface area (TPSA) is 106 Å². The summed E-state index contributed by atoms with van der Waals surface area (Å²) in [4.78, 5) is 31.0. The minimum Gasteiger partial charge on any atom is -0.507 e. The summed E-state index contributed by atoms with van der Waals surface area (Å²) in [6, 6.07) is 11.0. The van der Waals surface area contributed by atoms with Crippen LogP contribution in [-0.4, -0.2) is 63.1 Å². The van der Waals surface area contributed by atoms with E-state index in [1.54, 1.807) is 12.1 Å². The molecule has 2 aliphatic rings. The lowest BCUT2D eigenvalue weighted by molar-refractivity contribution is 0.101. The van der Waals surface area contributed by atoms with Gasteiger partial charge in [0.1, 0.15) is 11.5 Å². The Hall–Kier alpha value is -3.78. The molecule has 0 aliphatic carbocycles. The number of Topliss-reactive ketones (excluding diaryl/α,β-unsaturated/α-hetero) is 1. The number of phenols is 1. The molecule has 2 aromatic carbocycles. The van der Waals surface area contributed by atoms with Gasteiger partial charge in [-0.05, 0) is 31.2 Å². The molecule has 8 nitrogen and oxygen atoms in total. The van der Waals surface area contributed by atoms with E-state index in [9.17, 15) is 14.7 Å². The number of aromatic hydroxyl groups is 1.